The van der Waals surface area contributed by atoms with Gasteiger partial charge in [-0.15, -0.1) is 0 Å². The number of benzene rings is 1. The highest BCUT2D eigenvalue weighted by atomic mass is 16.4. The minimum atomic E-state index is -1.34. The lowest BCUT2D eigenvalue weighted by Crippen LogP contribution is -2.58. The molecular formula is C21H31N5O7. The highest BCUT2D eigenvalue weighted by Crippen LogP contribution is 2.13. The van der Waals surface area contributed by atoms with E-state index in [9.17, 15) is 34.2 Å². The SMILES string of the molecule is CCC(C)C(NC(=O)C(CC(N)=O)NC(=O)CN)C(=O)NC(Cc1ccc(O)cc1)C(=O)O. The van der Waals surface area contributed by atoms with E-state index in [1.54, 1.807) is 13.8 Å². The number of hydrogen-bond donors (Lipinski definition) is 7. The van der Waals surface area contributed by atoms with Crippen molar-refractivity contribution in [2.45, 2.75) is 51.2 Å². The summed E-state index contributed by atoms with van der Waals surface area (Å²) in [6, 6.07) is 2.06. The summed E-state index contributed by atoms with van der Waals surface area (Å²) < 4.78 is 0. The second kappa shape index (κ2) is 13.0. The number of carboxylic acid groups (broad SMARTS) is 1. The van der Waals surface area contributed by atoms with Gasteiger partial charge in [0.2, 0.25) is 23.6 Å². The molecular weight excluding hydrogens is 434 g/mol. The van der Waals surface area contributed by atoms with Gasteiger partial charge in [0.05, 0.1) is 13.0 Å². The van der Waals surface area contributed by atoms with Crippen LogP contribution in [-0.2, 0) is 30.4 Å². The smallest absolute Gasteiger partial charge is 0.326 e. The van der Waals surface area contributed by atoms with E-state index >= 15 is 0 Å². The number of hydrogen-bond acceptors (Lipinski definition) is 7. The Morgan fingerprint density at radius 1 is 0.970 bits per heavy atom. The number of primary amides is 1. The summed E-state index contributed by atoms with van der Waals surface area (Å²) >= 11 is 0. The maximum absolute atomic E-state index is 12.9. The molecule has 1 aromatic carbocycles. The van der Waals surface area contributed by atoms with Crippen molar-refractivity contribution >= 4 is 29.6 Å². The lowest BCUT2D eigenvalue weighted by Gasteiger charge is -2.27. The van der Waals surface area contributed by atoms with E-state index in [4.69, 9.17) is 11.5 Å². The Kier molecular flexibility index (Phi) is 10.8. The van der Waals surface area contributed by atoms with E-state index in [2.05, 4.69) is 16.0 Å². The minimum absolute atomic E-state index is 0.0152. The fourth-order valence-electron chi connectivity index (χ4n) is 2.95. The van der Waals surface area contributed by atoms with Crippen LogP contribution in [0.2, 0.25) is 0 Å². The van der Waals surface area contributed by atoms with Gasteiger partial charge in [-0.3, -0.25) is 19.2 Å². The van der Waals surface area contributed by atoms with E-state index in [1.165, 1.54) is 24.3 Å². The zero-order chi connectivity index (χ0) is 25.1. The van der Waals surface area contributed by atoms with Gasteiger partial charge in [0.15, 0.2) is 0 Å². The third-order valence-electron chi connectivity index (χ3n) is 5.03. The third-order valence-corrected chi connectivity index (χ3v) is 5.03. The van der Waals surface area contributed by atoms with Crippen LogP contribution in [0.3, 0.4) is 0 Å². The molecule has 0 heterocycles. The molecule has 0 aliphatic rings. The number of nitrogens with two attached hydrogens (primary N) is 2. The van der Waals surface area contributed by atoms with Crippen molar-refractivity contribution in [2.75, 3.05) is 6.54 Å². The van der Waals surface area contributed by atoms with Gasteiger partial charge in [0.25, 0.3) is 0 Å². The summed E-state index contributed by atoms with van der Waals surface area (Å²) in [6.07, 6.45) is -0.103. The molecule has 33 heavy (non-hydrogen) atoms. The number of rotatable bonds is 13. The molecule has 182 valence electrons. The Bertz CT molecular complexity index is 859. The molecule has 12 nitrogen and oxygen atoms in total. The molecule has 1 rings (SSSR count). The van der Waals surface area contributed by atoms with Gasteiger partial charge < -0.3 is 37.6 Å². The van der Waals surface area contributed by atoms with Gasteiger partial charge in [-0.1, -0.05) is 32.4 Å². The molecule has 0 spiro atoms. The minimum Gasteiger partial charge on any atom is -0.508 e. The largest absolute Gasteiger partial charge is 0.508 e. The van der Waals surface area contributed by atoms with E-state index in [1.807, 2.05) is 0 Å². The van der Waals surface area contributed by atoms with Crippen molar-refractivity contribution in [3.8, 4) is 5.75 Å². The monoisotopic (exact) mass is 465 g/mol. The van der Waals surface area contributed by atoms with Crippen LogP contribution >= 0.6 is 0 Å². The van der Waals surface area contributed by atoms with Crippen LogP contribution < -0.4 is 27.4 Å². The Hall–Kier alpha value is -3.67. The van der Waals surface area contributed by atoms with Crippen LogP contribution in [0, 0.1) is 5.92 Å². The van der Waals surface area contributed by atoms with Crippen LogP contribution in [0.25, 0.3) is 0 Å². The second-order valence-corrected chi connectivity index (χ2v) is 7.64. The topological polar surface area (TPSA) is 214 Å². The van der Waals surface area contributed by atoms with Crippen molar-refractivity contribution in [1.82, 2.24) is 16.0 Å². The summed E-state index contributed by atoms with van der Waals surface area (Å²) in [5.74, 6) is -4.80. The predicted molar refractivity (Wildman–Crippen MR) is 118 cm³/mol. The summed E-state index contributed by atoms with van der Waals surface area (Å²) in [7, 11) is 0. The van der Waals surface area contributed by atoms with Crippen molar-refractivity contribution in [3.63, 3.8) is 0 Å². The zero-order valence-electron chi connectivity index (χ0n) is 18.5. The van der Waals surface area contributed by atoms with Crippen molar-refractivity contribution < 1.29 is 34.2 Å². The lowest BCUT2D eigenvalue weighted by molar-refractivity contribution is -0.142. The quantitative estimate of drug-likeness (QED) is 0.179. The molecule has 9 N–H and O–H groups in total. The van der Waals surface area contributed by atoms with E-state index in [0.717, 1.165) is 0 Å². The first-order chi connectivity index (χ1) is 15.5. The van der Waals surface area contributed by atoms with Crippen molar-refractivity contribution in [3.05, 3.63) is 29.8 Å². The standard InChI is InChI=1S/C21H31N5O7/c1-3-11(2)18(26-19(30)14(9-16(23)28)24-17(29)10-22)20(31)25-15(21(32)33)8-12-4-6-13(27)7-5-12/h4-7,11,14-15,18,27H,3,8-10,22H2,1-2H3,(H2,23,28)(H,24,29)(H,25,31)(H,26,30)(H,32,33). The normalized spacial score (nSPS) is 14.3. The van der Waals surface area contributed by atoms with Gasteiger partial charge in [-0.05, 0) is 23.6 Å². The van der Waals surface area contributed by atoms with Gasteiger partial charge in [-0.2, -0.15) is 0 Å². The number of aromatic hydroxyl groups is 1. The number of phenols is 1. The van der Waals surface area contributed by atoms with Crippen LogP contribution in [0.4, 0.5) is 0 Å². The first kappa shape index (κ1) is 27.4. The number of carboxylic acids is 1. The molecule has 0 saturated heterocycles. The Balaban J connectivity index is 3.01. The molecule has 0 aliphatic heterocycles. The Morgan fingerprint density at radius 2 is 1.58 bits per heavy atom. The summed E-state index contributed by atoms with van der Waals surface area (Å²) in [4.78, 5) is 60.3. The molecule has 0 aliphatic carbocycles. The molecule has 4 amide bonds. The predicted octanol–water partition coefficient (Wildman–Crippen LogP) is -1.65. The number of phenolic OH excluding ortho intramolecular Hbond substituents is 1. The number of carbonyl (C=O) groups is 5. The van der Waals surface area contributed by atoms with Crippen molar-refractivity contribution in [1.29, 1.82) is 0 Å². The average molecular weight is 466 g/mol. The second-order valence-electron chi connectivity index (χ2n) is 7.64. The number of nitrogens with one attached hydrogen (secondary N) is 3. The van der Waals surface area contributed by atoms with Crippen LogP contribution in [0.1, 0.15) is 32.3 Å². The van der Waals surface area contributed by atoms with Crippen molar-refractivity contribution in [2.24, 2.45) is 17.4 Å². The fourth-order valence-corrected chi connectivity index (χ4v) is 2.95. The summed E-state index contributed by atoms with van der Waals surface area (Å²) in [5, 5.41) is 26.1. The van der Waals surface area contributed by atoms with Crippen LogP contribution in [0.15, 0.2) is 24.3 Å². The highest BCUT2D eigenvalue weighted by Gasteiger charge is 2.32. The number of carbonyl (C=O) groups excluding carboxylic acids is 4. The third kappa shape index (κ3) is 9.15. The number of amides is 4. The molecule has 0 radical (unpaired) electrons. The molecule has 0 aromatic heterocycles. The lowest BCUT2D eigenvalue weighted by atomic mass is 9.96. The van der Waals surface area contributed by atoms with Gasteiger partial charge in [-0.25, -0.2) is 4.79 Å². The molecule has 0 saturated carbocycles. The molecule has 12 heteroatoms. The fraction of sp³-hybridized carbons (Fsp3) is 0.476. The Morgan fingerprint density at radius 3 is 2.06 bits per heavy atom. The van der Waals surface area contributed by atoms with Crippen LogP contribution in [-0.4, -0.2) is 64.5 Å². The maximum atomic E-state index is 12.9. The zero-order valence-corrected chi connectivity index (χ0v) is 18.5. The first-order valence-corrected chi connectivity index (χ1v) is 10.4. The average Bonchev–Trinajstić information content (AvgIpc) is 2.76. The molecule has 1 aromatic rings. The highest BCUT2D eigenvalue weighted by molar-refractivity contribution is 5.95. The van der Waals surface area contributed by atoms with E-state index < -0.39 is 66.6 Å². The molecule has 0 fully saturated rings. The van der Waals surface area contributed by atoms with Gasteiger partial charge in [0.1, 0.15) is 23.9 Å². The molecule has 4 atom stereocenters. The van der Waals surface area contributed by atoms with Gasteiger partial charge >= 0.3 is 5.97 Å². The maximum Gasteiger partial charge on any atom is 0.326 e. The summed E-state index contributed by atoms with van der Waals surface area (Å²) in [6.45, 7) is 3.04. The summed E-state index contributed by atoms with van der Waals surface area (Å²) in [5.41, 5.74) is 10.9. The Labute approximate surface area is 191 Å². The van der Waals surface area contributed by atoms with E-state index in [-0.39, 0.29) is 12.2 Å². The molecule has 0 bridgehead atoms. The molecule has 4 unspecified atom stereocenters. The van der Waals surface area contributed by atoms with Crippen LogP contribution in [0.5, 0.6) is 5.75 Å². The first-order valence-electron chi connectivity index (χ1n) is 10.4. The van der Waals surface area contributed by atoms with Gasteiger partial charge in [0, 0.05) is 6.42 Å². The number of aliphatic carboxylic acids is 1. The van der Waals surface area contributed by atoms with E-state index in [0.29, 0.717) is 12.0 Å².